The van der Waals surface area contributed by atoms with Crippen LogP contribution in [-0.4, -0.2) is 36.2 Å². The second kappa shape index (κ2) is 19.0. The van der Waals surface area contributed by atoms with Gasteiger partial charge in [-0.05, 0) is 0 Å². The first-order valence-electron chi connectivity index (χ1n) is 0. The monoisotopic (exact) mass is 142 g/mol. The van der Waals surface area contributed by atoms with E-state index in [-0.39, 0.29) is 70.7 Å². The van der Waals surface area contributed by atoms with Crippen molar-refractivity contribution in [1.82, 2.24) is 0 Å². The summed E-state index contributed by atoms with van der Waals surface area (Å²) >= 11 is 0. The van der Waals surface area contributed by atoms with Gasteiger partial charge in [-0.2, -0.15) is 0 Å². The molecule has 0 fully saturated rings. The van der Waals surface area contributed by atoms with Crippen LogP contribution in [0.1, 0.15) is 0 Å². The van der Waals surface area contributed by atoms with Crippen LogP contribution in [0.3, 0.4) is 0 Å². The van der Waals surface area contributed by atoms with E-state index in [0.717, 1.165) is 0 Å². The molecule has 0 unspecified atom stereocenters. The van der Waals surface area contributed by atoms with Crippen molar-refractivity contribution < 1.29 is 34.4 Å². The fourth-order valence-electron chi connectivity index (χ4n) is 0. The first-order valence-corrected chi connectivity index (χ1v) is 0. The minimum Gasteiger partial charge on any atom is 0 e. The topological polar surface area (TPSA) is 0 Å². The fraction of sp³-hybridized carbons (Fsp3) is 0. The molecule has 0 aromatic carbocycles. The third kappa shape index (κ3) is 8.89. The zero-order valence-corrected chi connectivity index (χ0v) is 4.97. The van der Waals surface area contributed by atoms with Crippen molar-refractivity contribution in [2.45, 2.75) is 0 Å². The first-order chi connectivity index (χ1) is 0. The molecule has 0 spiro atoms. The SMILES string of the molecule is [Al].[Cr].[LiH].[Mn]. The van der Waals surface area contributed by atoms with Crippen molar-refractivity contribution in [3.8, 4) is 0 Å². The van der Waals surface area contributed by atoms with Crippen LogP contribution in [0.5, 0.6) is 0 Å². The molecule has 0 saturated carbocycles. The van der Waals surface area contributed by atoms with Crippen LogP contribution in [0.4, 0.5) is 0 Å². The summed E-state index contributed by atoms with van der Waals surface area (Å²) in [7, 11) is 0. The predicted molar refractivity (Wildman–Crippen MR) is 12.9 cm³/mol. The average Bonchev–Trinajstić information content (AvgIpc) is 0. The molecule has 0 bridgehead atoms. The predicted octanol–water partition coefficient (Wildman–Crippen LogP) is -1.03. The molecule has 0 aromatic rings. The van der Waals surface area contributed by atoms with Gasteiger partial charge < -0.3 is 0 Å². The summed E-state index contributed by atoms with van der Waals surface area (Å²) in [4.78, 5) is 0. The normalized spacial score (nSPS) is 0. The maximum absolute atomic E-state index is 0. The summed E-state index contributed by atoms with van der Waals surface area (Å²) in [5, 5.41) is 0. The first kappa shape index (κ1) is 34.9. The van der Waals surface area contributed by atoms with Crippen molar-refractivity contribution in [2.75, 3.05) is 0 Å². The van der Waals surface area contributed by atoms with E-state index in [4.69, 9.17) is 0 Å². The molecule has 0 heterocycles. The number of hydrogen-bond acceptors (Lipinski definition) is 0. The van der Waals surface area contributed by atoms with Crippen LogP contribution in [-0.2, 0) is 34.4 Å². The van der Waals surface area contributed by atoms with Gasteiger partial charge in [0.05, 0.1) is 0 Å². The molecule has 0 aliphatic carbocycles. The Bertz CT molecular complexity index is 8.00. The Labute approximate surface area is 70.0 Å². The van der Waals surface area contributed by atoms with Crippen molar-refractivity contribution in [3.05, 3.63) is 0 Å². The van der Waals surface area contributed by atoms with Crippen LogP contribution in [0.25, 0.3) is 0 Å². The van der Waals surface area contributed by atoms with Gasteiger partial charge >= 0.3 is 18.9 Å². The molecule has 4 heavy (non-hydrogen) atoms. The van der Waals surface area contributed by atoms with Crippen LogP contribution >= 0.6 is 0 Å². The van der Waals surface area contributed by atoms with E-state index in [1.807, 2.05) is 0 Å². The smallest absolute Gasteiger partial charge is 0 e. The van der Waals surface area contributed by atoms with Crippen LogP contribution in [0, 0.1) is 0 Å². The molecule has 18 valence electrons. The van der Waals surface area contributed by atoms with E-state index in [9.17, 15) is 0 Å². The average molecular weight is 142 g/mol. The summed E-state index contributed by atoms with van der Waals surface area (Å²) in [5.74, 6) is 0. The van der Waals surface area contributed by atoms with Gasteiger partial charge in [0.2, 0.25) is 0 Å². The maximum Gasteiger partial charge on any atom is 0 e. The van der Waals surface area contributed by atoms with Crippen molar-refractivity contribution in [3.63, 3.8) is 0 Å². The zero-order chi connectivity index (χ0) is 0. The largest absolute Gasteiger partial charge is 0 e. The summed E-state index contributed by atoms with van der Waals surface area (Å²) < 4.78 is 0. The van der Waals surface area contributed by atoms with E-state index in [1.54, 1.807) is 0 Å². The van der Waals surface area contributed by atoms with E-state index in [0.29, 0.717) is 0 Å². The van der Waals surface area contributed by atoms with Gasteiger partial charge in [0.15, 0.2) is 0 Å². The summed E-state index contributed by atoms with van der Waals surface area (Å²) in [6.07, 6.45) is 0. The van der Waals surface area contributed by atoms with Crippen molar-refractivity contribution in [2.24, 2.45) is 0 Å². The summed E-state index contributed by atoms with van der Waals surface area (Å²) in [6, 6.07) is 0. The van der Waals surface area contributed by atoms with Gasteiger partial charge in [-0.1, -0.05) is 0 Å². The summed E-state index contributed by atoms with van der Waals surface area (Å²) in [5.41, 5.74) is 0. The molecular weight excluding hydrogens is 141 g/mol. The molecule has 0 saturated heterocycles. The van der Waals surface area contributed by atoms with Gasteiger partial charge in [0, 0.05) is 51.8 Å². The van der Waals surface area contributed by atoms with Gasteiger partial charge in [0.1, 0.15) is 0 Å². The van der Waals surface area contributed by atoms with Gasteiger partial charge in [-0.3, -0.25) is 0 Å². The van der Waals surface area contributed by atoms with Gasteiger partial charge in [0.25, 0.3) is 0 Å². The Balaban J connectivity index is 0. The Morgan fingerprint density at radius 3 is 1.00 bits per heavy atom. The molecule has 0 N–H and O–H groups in total. The standard InChI is InChI=1S/Al.Cr.Li.Mn.H. The minimum absolute atomic E-state index is 0. The van der Waals surface area contributed by atoms with Crippen LogP contribution < -0.4 is 0 Å². The van der Waals surface area contributed by atoms with Crippen LogP contribution in [0.2, 0.25) is 0 Å². The van der Waals surface area contributed by atoms with Crippen molar-refractivity contribution >= 4 is 36.2 Å². The fourth-order valence-corrected chi connectivity index (χ4v) is 0. The van der Waals surface area contributed by atoms with Crippen molar-refractivity contribution in [1.29, 1.82) is 0 Å². The van der Waals surface area contributed by atoms with Crippen LogP contribution in [0.15, 0.2) is 0 Å². The molecule has 0 amide bonds. The summed E-state index contributed by atoms with van der Waals surface area (Å²) in [6.45, 7) is 0. The number of hydrogen-bond donors (Lipinski definition) is 0. The zero-order valence-electron chi connectivity index (χ0n) is 1.36. The quantitative estimate of drug-likeness (QED) is 0.379. The van der Waals surface area contributed by atoms with E-state index in [1.165, 1.54) is 0 Å². The van der Waals surface area contributed by atoms with E-state index in [2.05, 4.69) is 0 Å². The molecule has 0 aliphatic heterocycles. The Hall–Kier alpha value is 2.18. The Morgan fingerprint density at radius 2 is 1.00 bits per heavy atom. The molecule has 0 atom stereocenters. The second-order valence-corrected chi connectivity index (χ2v) is 0. The Kier molecular flexibility index (Phi) is 166. The number of rotatable bonds is 0. The van der Waals surface area contributed by atoms with E-state index >= 15 is 0 Å². The second-order valence-electron chi connectivity index (χ2n) is 0. The molecule has 4 heteroatoms. The molecule has 0 aliphatic rings. The molecule has 0 aromatic heterocycles. The third-order valence-electron chi connectivity index (χ3n) is 0. The maximum atomic E-state index is 0. The third-order valence-corrected chi connectivity index (χ3v) is 0. The molecule has 4 radical (unpaired) electrons. The van der Waals surface area contributed by atoms with Gasteiger partial charge in [-0.25, -0.2) is 0 Å². The van der Waals surface area contributed by atoms with E-state index < -0.39 is 0 Å². The molecule has 0 rings (SSSR count). The molecule has 0 nitrogen and oxygen atoms in total. The molecular formula is HAlCrLiMn. The minimum atomic E-state index is 0. The Morgan fingerprint density at radius 1 is 1.00 bits per heavy atom. The van der Waals surface area contributed by atoms with Gasteiger partial charge in [-0.15, -0.1) is 0 Å².